The van der Waals surface area contributed by atoms with Gasteiger partial charge in [-0.05, 0) is 23.3 Å². The van der Waals surface area contributed by atoms with Crippen molar-refractivity contribution in [2.24, 2.45) is 0 Å². The van der Waals surface area contributed by atoms with Crippen molar-refractivity contribution in [2.45, 2.75) is 12.6 Å². The molecule has 0 atom stereocenters. The van der Waals surface area contributed by atoms with E-state index in [2.05, 4.69) is 10.1 Å². The molecule has 0 aliphatic heterocycles. The van der Waals surface area contributed by atoms with Crippen LogP contribution in [0.4, 0.5) is 13.2 Å². The van der Waals surface area contributed by atoms with Crippen LogP contribution in [0.1, 0.15) is 17.0 Å². The van der Waals surface area contributed by atoms with E-state index in [1.165, 1.54) is 24.3 Å². The van der Waals surface area contributed by atoms with Gasteiger partial charge in [-0.3, -0.25) is 9.89 Å². The van der Waals surface area contributed by atoms with Gasteiger partial charge in [0.05, 0.1) is 21.3 Å². The van der Waals surface area contributed by atoms with Crippen LogP contribution in [0.2, 0.25) is 10.0 Å². The molecule has 148 valence electrons. The first-order valence-corrected chi connectivity index (χ1v) is 9.21. The first-order chi connectivity index (χ1) is 13.7. The van der Waals surface area contributed by atoms with Gasteiger partial charge in [0.15, 0.2) is 5.65 Å². The first kappa shape index (κ1) is 19.5. The lowest BCUT2D eigenvalue weighted by atomic mass is 10.1. The maximum absolute atomic E-state index is 13.7. The number of aromatic amines is 1. The minimum absolute atomic E-state index is 0.0967. The second-order valence-corrected chi connectivity index (χ2v) is 7.21. The Kier molecular flexibility index (Phi) is 4.88. The van der Waals surface area contributed by atoms with E-state index < -0.39 is 17.4 Å². The van der Waals surface area contributed by atoms with Crippen LogP contribution in [0, 0.1) is 0 Å². The van der Waals surface area contributed by atoms with Gasteiger partial charge in [0.2, 0.25) is 0 Å². The zero-order valence-electron chi connectivity index (χ0n) is 14.6. The molecule has 1 N–H and O–H groups in total. The number of hydrogen-bond acceptors (Lipinski definition) is 2. The SMILES string of the molecule is O=c1cc(Cc2ccccc2)nc2c(-c3ccc(Cl)c(Cl)c3)c(C(F)(F)F)[nH]n12. The fourth-order valence-corrected chi connectivity index (χ4v) is 3.41. The molecule has 0 unspecified atom stereocenters. The third-order valence-corrected chi connectivity index (χ3v) is 5.13. The molecular formula is C20H12Cl2F3N3O. The summed E-state index contributed by atoms with van der Waals surface area (Å²) in [4.78, 5) is 16.9. The third-order valence-electron chi connectivity index (χ3n) is 4.39. The lowest BCUT2D eigenvalue weighted by Gasteiger charge is -2.08. The predicted molar refractivity (Wildman–Crippen MR) is 106 cm³/mol. The van der Waals surface area contributed by atoms with E-state index >= 15 is 0 Å². The minimum Gasteiger partial charge on any atom is -0.284 e. The van der Waals surface area contributed by atoms with Crippen molar-refractivity contribution in [3.05, 3.63) is 91.9 Å². The first-order valence-electron chi connectivity index (χ1n) is 8.45. The summed E-state index contributed by atoms with van der Waals surface area (Å²) in [5.74, 6) is 0. The van der Waals surface area contributed by atoms with Crippen molar-refractivity contribution in [1.29, 1.82) is 0 Å². The van der Waals surface area contributed by atoms with Crippen LogP contribution in [0.3, 0.4) is 0 Å². The van der Waals surface area contributed by atoms with Gasteiger partial charge in [-0.2, -0.15) is 13.2 Å². The largest absolute Gasteiger partial charge is 0.433 e. The Morgan fingerprint density at radius 1 is 1.00 bits per heavy atom. The van der Waals surface area contributed by atoms with Crippen LogP contribution in [0.15, 0.2) is 59.4 Å². The molecule has 4 nitrogen and oxygen atoms in total. The Labute approximate surface area is 172 Å². The number of nitrogens with zero attached hydrogens (tertiary/aromatic N) is 2. The molecule has 0 spiro atoms. The van der Waals surface area contributed by atoms with Crippen molar-refractivity contribution < 1.29 is 13.2 Å². The van der Waals surface area contributed by atoms with Gasteiger partial charge in [-0.25, -0.2) is 9.50 Å². The van der Waals surface area contributed by atoms with Gasteiger partial charge >= 0.3 is 6.18 Å². The summed E-state index contributed by atoms with van der Waals surface area (Å²) in [6.45, 7) is 0. The summed E-state index contributed by atoms with van der Waals surface area (Å²) in [6, 6.07) is 14.5. The van der Waals surface area contributed by atoms with Crippen LogP contribution in [0.25, 0.3) is 16.8 Å². The van der Waals surface area contributed by atoms with Crippen molar-refractivity contribution in [1.82, 2.24) is 14.6 Å². The van der Waals surface area contributed by atoms with Crippen molar-refractivity contribution in [3.63, 3.8) is 0 Å². The highest BCUT2D eigenvalue weighted by atomic mass is 35.5. The monoisotopic (exact) mass is 437 g/mol. The second-order valence-electron chi connectivity index (χ2n) is 6.40. The standard InChI is InChI=1S/C20H12Cl2F3N3O/c21-14-7-6-12(9-15(14)22)17-18(20(23,24)25)27-28-16(29)10-13(26-19(17)28)8-11-4-2-1-3-5-11/h1-7,9-10,27H,8H2. The Balaban J connectivity index is 1.98. The Morgan fingerprint density at radius 3 is 2.38 bits per heavy atom. The summed E-state index contributed by atoms with van der Waals surface area (Å²) in [6.07, 6.45) is -4.43. The molecule has 0 radical (unpaired) electrons. The number of halogens is 5. The smallest absolute Gasteiger partial charge is 0.284 e. The number of hydrogen-bond donors (Lipinski definition) is 1. The van der Waals surface area contributed by atoms with Crippen LogP contribution < -0.4 is 5.56 Å². The number of fused-ring (bicyclic) bond motifs is 1. The van der Waals surface area contributed by atoms with Gasteiger partial charge in [0.1, 0.15) is 5.69 Å². The zero-order valence-corrected chi connectivity index (χ0v) is 16.1. The molecule has 0 aliphatic rings. The number of H-pyrrole nitrogens is 1. The fourth-order valence-electron chi connectivity index (χ4n) is 3.11. The van der Waals surface area contributed by atoms with Gasteiger partial charge in [-0.1, -0.05) is 59.6 Å². The van der Waals surface area contributed by atoms with E-state index in [0.717, 1.165) is 10.1 Å². The minimum atomic E-state index is -4.73. The van der Waals surface area contributed by atoms with E-state index in [1.54, 1.807) is 0 Å². The molecule has 29 heavy (non-hydrogen) atoms. The normalized spacial score (nSPS) is 11.9. The molecule has 0 amide bonds. The summed E-state index contributed by atoms with van der Waals surface area (Å²) < 4.78 is 41.9. The fraction of sp³-hybridized carbons (Fsp3) is 0.100. The van der Waals surface area contributed by atoms with Crippen molar-refractivity contribution in [3.8, 4) is 11.1 Å². The van der Waals surface area contributed by atoms with Crippen LogP contribution in [0.5, 0.6) is 0 Å². The molecule has 0 fully saturated rings. The predicted octanol–water partition coefficient (Wildman–Crippen LogP) is 5.61. The quantitative estimate of drug-likeness (QED) is 0.453. The zero-order chi connectivity index (χ0) is 20.8. The van der Waals surface area contributed by atoms with E-state index in [0.29, 0.717) is 12.1 Å². The molecular weight excluding hydrogens is 426 g/mol. The summed E-state index contributed by atoms with van der Waals surface area (Å²) in [5, 5.41) is 2.44. The summed E-state index contributed by atoms with van der Waals surface area (Å²) in [5.41, 5.74) is -0.733. The van der Waals surface area contributed by atoms with Crippen molar-refractivity contribution in [2.75, 3.05) is 0 Å². The number of nitrogens with one attached hydrogen (secondary N) is 1. The van der Waals surface area contributed by atoms with Crippen molar-refractivity contribution >= 4 is 28.8 Å². The van der Waals surface area contributed by atoms with E-state index in [1.807, 2.05) is 30.3 Å². The van der Waals surface area contributed by atoms with Crippen LogP contribution >= 0.6 is 23.2 Å². The van der Waals surface area contributed by atoms with E-state index in [4.69, 9.17) is 23.2 Å². The lowest BCUT2D eigenvalue weighted by Crippen LogP contribution is -2.16. The summed E-state index contributed by atoms with van der Waals surface area (Å²) >= 11 is 11.9. The Bertz CT molecular complexity index is 1260. The lowest BCUT2D eigenvalue weighted by molar-refractivity contribution is -0.140. The maximum atomic E-state index is 13.7. The van der Waals surface area contributed by atoms with E-state index in [9.17, 15) is 18.0 Å². The van der Waals surface area contributed by atoms with E-state index in [-0.39, 0.29) is 26.8 Å². The maximum Gasteiger partial charge on any atom is 0.433 e. The number of rotatable bonds is 3. The molecule has 2 aromatic heterocycles. The number of benzene rings is 2. The molecule has 0 saturated heterocycles. The van der Waals surface area contributed by atoms with Gasteiger partial charge in [-0.15, -0.1) is 0 Å². The molecule has 4 aromatic rings. The third kappa shape index (κ3) is 3.75. The van der Waals surface area contributed by atoms with Crippen LogP contribution in [-0.4, -0.2) is 14.6 Å². The highest BCUT2D eigenvalue weighted by Crippen LogP contribution is 2.39. The Morgan fingerprint density at radius 2 is 1.72 bits per heavy atom. The summed E-state index contributed by atoms with van der Waals surface area (Å²) in [7, 11) is 0. The highest BCUT2D eigenvalue weighted by molar-refractivity contribution is 6.42. The van der Waals surface area contributed by atoms with Gasteiger partial charge < -0.3 is 0 Å². The molecule has 0 bridgehead atoms. The molecule has 2 aromatic carbocycles. The molecule has 0 saturated carbocycles. The molecule has 4 rings (SSSR count). The number of aromatic nitrogens is 3. The molecule has 2 heterocycles. The topological polar surface area (TPSA) is 50.2 Å². The molecule has 9 heteroatoms. The van der Waals surface area contributed by atoms with Gasteiger partial charge in [0.25, 0.3) is 5.56 Å². The van der Waals surface area contributed by atoms with Gasteiger partial charge in [0, 0.05) is 12.5 Å². The molecule has 0 aliphatic carbocycles. The number of alkyl halides is 3. The average Bonchev–Trinajstić information content (AvgIpc) is 3.05. The highest BCUT2D eigenvalue weighted by Gasteiger charge is 2.38. The van der Waals surface area contributed by atoms with Crippen LogP contribution in [-0.2, 0) is 12.6 Å². The second kappa shape index (κ2) is 7.24. The Hall–Kier alpha value is -2.77. The average molecular weight is 438 g/mol.